The molecule has 0 spiro atoms. The third kappa shape index (κ3) is 5.46. The van der Waals surface area contributed by atoms with Gasteiger partial charge in [0, 0.05) is 25.0 Å². The van der Waals surface area contributed by atoms with E-state index in [0.717, 1.165) is 29.7 Å². The zero-order chi connectivity index (χ0) is 22.5. The van der Waals surface area contributed by atoms with Crippen molar-refractivity contribution in [3.63, 3.8) is 0 Å². The van der Waals surface area contributed by atoms with E-state index in [9.17, 15) is 13.2 Å². The Morgan fingerprint density at radius 3 is 2.16 bits per heavy atom. The second kappa shape index (κ2) is 9.83. The first-order chi connectivity index (χ1) is 14.8. The van der Waals surface area contributed by atoms with Gasteiger partial charge in [-0.25, -0.2) is 8.42 Å². The lowest BCUT2D eigenvalue weighted by Gasteiger charge is -2.37. The van der Waals surface area contributed by atoms with Crippen molar-refractivity contribution in [2.24, 2.45) is 5.41 Å². The predicted molar refractivity (Wildman–Crippen MR) is 121 cm³/mol. The van der Waals surface area contributed by atoms with E-state index in [0.29, 0.717) is 37.4 Å². The van der Waals surface area contributed by atoms with Crippen LogP contribution in [0.3, 0.4) is 0 Å². The number of carbonyl (C=O) groups is 1. The lowest BCUT2D eigenvalue weighted by Crippen LogP contribution is -2.48. The summed E-state index contributed by atoms with van der Waals surface area (Å²) in [5, 5.41) is 3.00. The summed E-state index contributed by atoms with van der Waals surface area (Å²) < 4.78 is 32.7. The summed E-state index contributed by atoms with van der Waals surface area (Å²) in [5.41, 5.74) is 1.55. The van der Waals surface area contributed by atoms with E-state index in [1.54, 1.807) is 19.2 Å². The van der Waals surface area contributed by atoms with Crippen LogP contribution < -0.4 is 10.1 Å². The normalized spacial score (nSPS) is 16.6. The molecule has 0 unspecified atom stereocenters. The maximum Gasteiger partial charge on any atom is 0.243 e. The van der Waals surface area contributed by atoms with Crippen LogP contribution in [-0.4, -0.2) is 38.8 Å². The number of methoxy groups -OCH3 is 1. The maximum atomic E-state index is 13.0. The predicted octanol–water partition coefficient (Wildman–Crippen LogP) is 3.75. The van der Waals surface area contributed by atoms with E-state index < -0.39 is 15.4 Å². The van der Waals surface area contributed by atoms with Crippen molar-refractivity contribution in [2.75, 3.05) is 20.2 Å². The van der Waals surface area contributed by atoms with Gasteiger partial charge in [-0.1, -0.05) is 44.5 Å². The highest BCUT2D eigenvalue weighted by Gasteiger charge is 2.40. The first kappa shape index (κ1) is 23.3. The average Bonchev–Trinajstić information content (AvgIpc) is 2.78. The highest BCUT2D eigenvalue weighted by Crippen LogP contribution is 2.33. The van der Waals surface area contributed by atoms with Gasteiger partial charge in [-0.15, -0.1) is 0 Å². The summed E-state index contributed by atoms with van der Waals surface area (Å²) in [7, 11) is -1.93. The average molecular weight is 445 g/mol. The lowest BCUT2D eigenvalue weighted by atomic mass is 9.80. The van der Waals surface area contributed by atoms with Crippen LogP contribution in [-0.2, 0) is 27.8 Å². The fourth-order valence-electron chi connectivity index (χ4n) is 3.85. The smallest absolute Gasteiger partial charge is 0.243 e. The minimum atomic E-state index is -3.54. The zero-order valence-electron chi connectivity index (χ0n) is 18.6. The number of nitrogens with zero attached hydrogens (tertiary/aromatic N) is 1. The van der Waals surface area contributed by atoms with Crippen LogP contribution >= 0.6 is 0 Å². The SMILES string of the molecule is CCCc1ccc(S(=O)(=O)N2CCC(C)(C(=O)NCc3ccc(OC)cc3)CC2)cc1. The Kier molecular flexibility index (Phi) is 7.38. The Morgan fingerprint density at radius 2 is 1.61 bits per heavy atom. The third-order valence-electron chi connectivity index (χ3n) is 6.09. The Labute approximate surface area is 185 Å². The van der Waals surface area contributed by atoms with Crippen molar-refractivity contribution in [1.82, 2.24) is 9.62 Å². The second-order valence-electron chi connectivity index (χ2n) is 8.39. The number of hydrogen-bond donors (Lipinski definition) is 1. The number of ether oxygens (including phenoxy) is 1. The van der Waals surface area contributed by atoms with E-state index >= 15 is 0 Å². The van der Waals surface area contributed by atoms with Gasteiger partial charge in [0.15, 0.2) is 0 Å². The van der Waals surface area contributed by atoms with Crippen molar-refractivity contribution < 1.29 is 17.9 Å². The molecule has 1 saturated heterocycles. The summed E-state index contributed by atoms with van der Waals surface area (Å²) in [4.78, 5) is 13.2. The van der Waals surface area contributed by atoms with Crippen LogP contribution in [0.2, 0.25) is 0 Å². The number of amides is 1. The molecule has 1 amide bonds. The Morgan fingerprint density at radius 1 is 1.03 bits per heavy atom. The molecule has 0 aliphatic carbocycles. The van der Waals surface area contributed by atoms with E-state index in [1.165, 1.54) is 4.31 Å². The summed E-state index contributed by atoms with van der Waals surface area (Å²) in [6.07, 6.45) is 2.95. The molecule has 1 aliphatic heterocycles. The van der Waals surface area contributed by atoms with Crippen molar-refractivity contribution >= 4 is 15.9 Å². The maximum absolute atomic E-state index is 13.0. The minimum absolute atomic E-state index is 0.0377. The number of piperidine rings is 1. The van der Waals surface area contributed by atoms with Gasteiger partial charge in [0.25, 0.3) is 0 Å². The molecule has 7 heteroatoms. The molecule has 0 saturated carbocycles. The van der Waals surface area contributed by atoms with Crippen LogP contribution in [0.1, 0.15) is 44.2 Å². The van der Waals surface area contributed by atoms with Crippen molar-refractivity contribution in [2.45, 2.75) is 51.0 Å². The zero-order valence-corrected chi connectivity index (χ0v) is 19.4. The first-order valence-corrected chi connectivity index (χ1v) is 12.2. The molecule has 1 fully saturated rings. The van der Waals surface area contributed by atoms with Gasteiger partial charge in [-0.3, -0.25) is 4.79 Å². The molecule has 0 radical (unpaired) electrons. The molecular formula is C24H32N2O4S. The van der Waals surface area contributed by atoms with Gasteiger partial charge >= 0.3 is 0 Å². The number of nitrogens with one attached hydrogen (secondary N) is 1. The summed E-state index contributed by atoms with van der Waals surface area (Å²) in [6, 6.07) is 14.7. The Bertz CT molecular complexity index is 977. The Hall–Kier alpha value is -2.38. The molecule has 0 aromatic heterocycles. The van der Waals surface area contributed by atoms with Crippen LogP contribution in [0.25, 0.3) is 0 Å². The molecule has 2 aromatic rings. The van der Waals surface area contributed by atoms with Gasteiger partial charge < -0.3 is 10.1 Å². The fraction of sp³-hybridized carbons (Fsp3) is 0.458. The number of hydrogen-bond acceptors (Lipinski definition) is 4. The quantitative estimate of drug-likeness (QED) is 0.673. The molecular weight excluding hydrogens is 412 g/mol. The van der Waals surface area contributed by atoms with Gasteiger partial charge in [0.2, 0.25) is 15.9 Å². The number of carbonyl (C=O) groups excluding carboxylic acids is 1. The number of aryl methyl sites for hydroxylation is 1. The number of rotatable bonds is 8. The molecule has 3 rings (SSSR count). The molecule has 1 heterocycles. The highest BCUT2D eigenvalue weighted by atomic mass is 32.2. The lowest BCUT2D eigenvalue weighted by molar-refractivity contribution is -0.132. The molecule has 1 aliphatic rings. The topological polar surface area (TPSA) is 75.7 Å². The van der Waals surface area contributed by atoms with E-state index in [4.69, 9.17) is 4.74 Å². The van der Waals surface area contributed by atoms with Gasteiger partial charge in [-0.2, -0.15) is 4.31 Å². The third-order valence-corrected chi connectivity index (χ3v) is 8.00. The summed E-state index contributed by atoms with van der Waals surface area (Å²) in [5.74, 6) is 0.736. The van der Waals surface area contributed by atoms with Crippen LogP contribution in [0, 0.1) is 5.41 Å². The summed E-state index contributed by atoms with van der Waals surface area (Å²) in [6.45, 7) is 5.13. The van der Waals surface area contributed by atoms with Crippen molar-refractivity contribution in [1.29, 1.82) is 0 Å². The van der Waals surface area contributed by atoms with Gasteiger partial charge in [0.1, 0.15) is 5.75 Å². The minimum Gasteiger partial charge on any atom is -0.497 e. The molecule has 0 atom stereocenters. The standard InChI is InChI=1S/C24H32N2O4S/c1-4-5-19-8-12-22(13-9-19)31(28,29)26-16-14-24(2,15-17-26)23(27)25-18-20-6-10-21(30-3)11-7-20/h6-13H,4-5,14-18H2,1-3H3,(H,25,27). The number of sulfonamides is 1. The summed E-state index contributed by atoms with van der Waals surface area (Å²) >= 11 is 0. The first-order valence-electron chi connectivity index (χ1n) is 10.8. The van der Waals surface area contributed by atoms with E-state index in [2.05, 4.69) is 12.2 Å². The van der Waals surface area contributed by atoms with E-state index in [1.807, 2.05) is 43.3 Å². The van der Waals surface area contributed by atoms with Crippen molar-refractivity contribution in [3.05, 3.63) is 59.7 Å². The molecule has 1 N–H and O–H groups in total. The highest BCUT2D eigenvalue weighted by molar-refractivity contribution is 7.89. The van der Waals surface area contributed by atoms with Gasteiger partial charge in [-0.05, 0) is 54.7 Å². The molecule has 168 valence electrons. The van der Waals surface area contributed by atoms with Crippen LogP contribution in [0.5, 0.6) is 5.75 Å². The van der Waals surface area contributed by atoms with Crippen LogP contribution in [0.15, 0.2) is 53.4 Å². The molecule has 0 bridgehead atoms. The monoisotopic (exact) mass is 444 g/mol. The van der Waals surface area contributed by atoms with Crippen molar-refractivity contribution in [3.8, 4) is 5.75 Å². The molecule has 31 heavy (non-hydrogen) atoms. The van der Waals surface area contributed by atoms with Gasteiger partial charge in [0.05, 0.1) is 12.0 Å². The van der Waals surface area contributed by atoms with E-state index in [-0.39, 0.29) is 5.91 Å². The molecule has 2 aromatic carbocycles. The fourth-order valence-corrected chi connectivity index (χ4v) is 5.29. The Balaban J connectivity index is 1.58. The van der Waals surface area contributed by atoms with Crippen LogP contribution in [0.4, 0.5) is 0 Å². The molecule has 6 nitrogen and oxygen atoms in total. The second-order valence-corrected chi connectivity index (χ2v) is 10.3. The number of benzene rings is 2. The largest absolute Gasteiger partial charge is 0.497 e.